The Morgan fingerprint density at radius 3 is 2.76 bits per heavy atom. The van der Waals surface area contributed by atoms with E-state index in [1.807, 2.05) is 13.0 Å². The highest BCUT2D eigenvalue weighted by molar-refractivity contribution is 9.10. The largest absolute Gasteiger partial charge is 0.398 e. The molecular formula is C14H11BrFN5. The summed E-state index contributed by atoms with van der Waals surface area (Å²) in [6, 6.07) is 10.1. The fraction of sp³-hybridized carbons (Fsp3) is 0.0714. The van der Waals surface area contributed by atoms with Crippen LogP contribution in [0.5, 0.6) is 0 Å². The van der Waals surface area contributed by atoms with Gasteiger partial charge in [0.05, 0.1) is 0 Å². The lowest BCUT2D eigenvalue weighted by molar-refractivity contribution is 0.607. The number of rotatable bonds is 2. The molecule has 0 saturated heterocycles. The molecule has 0 aliphatic heterocycles. The highest BCUT2D eigenvalue weighted by atomic mass is 79.9. The molecule has 3 aromatic rings. The number of nitrogen functional groups attached to an aromatic ring is 1. The van der Waals surface area contributed by atoms with Gasteiger partial charge in [0, 0.05) is 15.7 Å². The van der Waals surface area contributed by atoms with Gasteiger partial charge in [0.2, 0.25) is 0 Å². The van der Waals surface area contributed by atoms with Crippen molar-refractivity contribution in [1.29, 1.82) is 0 Å². The molecule has 1 heterocycles. The molecule has 21 heavy (non-hydrogen) atoms. The van der Waals surface area contributed by atoms with Crippen molar-refractivity contribution < 1.29 is 4.39 Å². The third-order valence-electron chi connectivity index (χ3n) is 3.05. The Labute approximate surface area is 128 Å². The quantitative estimate of drug-likeness (QED) is 0.723. The van der Waals surface area contributed by atoms with Gasteiger partial charge in [-0.3, -0.25) is 0 Å². The minimum atomic E-state index is -0.390. The topological polar surface area (TPSA) is 69.6 Å². The Morgan fingerprint density at radius 1 is 1.19 bits per heavy atom. The van der Waals surface area contributed by atoms with Crippen molar-refractivity contribution in [2.24, 2.45) is 0 Å². The second-order valence-corrected chi connectivity index (χ2v) is 5.46. The SMILES string of the molecule is Cc1ccc(F)c(-n2nnnc2-c2ccc(Br)c(N)c2)c1. The van der Waals surface area contributed by atoms with E-state index in [0.29, 0.717) is 22.8 Å². The highest BCUT2D eigenvalue weighted by Crippen LogP contribution is 2.27. The maximum Gasteiger partial charge on any atom is 0.187 e. The third-order valence-corrected chi connectivity index (χ3v) is 3.78. The number of tetrazole rings is 1. The Balaban J connectivity index is 2.17. The van der Waals surface area contributed by atoms with Crippen molar-refractivity contribution >= 4 is 21.6 Å². The smallest absolute Gasteiger partial charge is 0.187 e. The maximum absolute atomic E-state index is 14.0. The Morgan fingerprint density at radius 2 is 2.00 bits per heavy atom. The number of halogens is 2. The average molecular weight is 348 g/mol. The fourth-order valence-corrected chi connectivity index (χ4v) is 2.24. The molecule has 0 fully saturated rings. The van der Waals surface area contributed by atoms with Crippen molar-refractivity contribution in [3.63, 3.8) is 0 Å². The first-order valence-electron chi connectivity index (χ1n) is 6.16. The van der Waals surface area contributed by atoms with Crippen LogP contribution < -0.4 is 5.73 Å². The number of hydrogen-bond donors (Lipinski definition) is 1. The van der Waals surface area contributed by atoms with Crippen molar-refractivity contribution in [1.82, 2.24) is 20.2 Å². The summed E-state index contributed by atoms with van der Waals surface area (Å²) in [7, 11) is 0. The van der Waals surface area contributed by atoms with Crippen LogP contribution in [-0.4, -0.2) is 20.2 Å². The fourth-order valence-electron chi connectivity index (χ4n) is 2.00. The van der Waals surface area contributed by atoms with Gasteiger partial charge in [-0.15, -0.1) is 5.10 Å². The van der Waals surface area contributed by atoms with Crippen LogP contribution in [0.2, 0.25) is 0 Å². The van der Waals surface area contributed by atoms with Gasteiger partial charge in [-0.25, -0.2) is 4.39 Å². The van der Waals surface area contributed by atoms with E-state index in [9.17, 15) is 4.39 Å². The summed E-state index contributed by atoms with van der Waals surface area (Å²) in [5.41, 5.74) is 8.36. The van der Waals surface area contributed by atoms with Crippen LogP contribution in [0.1, 0.15) is 5.56 Å². The van der Waals surface area contributed by atoms with Gasteiger partial charge in [-0.2, -0.15) is 4.68 Å². The summed E-state index contributed by atoms with van der Waals surface area (Å²) < 4.78 is 16.2. The van der Waals surface area contributed by atoms with Crippen molar-refractivity contribution in [3.05, 3.63) is 52.3 Å². The zero-order valence-corrected chi connectivity index (χ0v) is 12.7. The van der Waals surface area contributed by atoms with E-state index in [0.717, 1.165) is 10.0 Å². The predicted molar refractivity (Wildman–Crippen MR) is 81.4 cm³/mol. The lowest BCUT2D eigenvalue weighted by Gasteiger charge is -2.08. The molecule has 0 aliphatic rings. The van der Waals surface area contributed by atoms with Crippen LogP contribution >= 0.6 is 15.9 Å². The van der Waals surface area contributed by atoms with E-state index in [1.54, 1.807) is 24.3 Å². The first-order chi connectivity index (χ1) is 10.1. The number of benzene rings is 2. The molecule has 7 heteroatoms. The van der Waals surface area contributed by atoms with Gasteiger partial charge in [0.1, 0.15) is 11.5 Å². The van der Waals surface area contributed by atoms with Gasteiger partial charge in [0.15, 0.2) is 5.82 Å². The van der Waals surface area contributed by atoms with Crippen molar-refractivity contribution in [3.8, 4) is 17.1 Å². The Bertz CT molecular complexity index is 815. The zero-order valence-electron chi connectivity index (χ0n) is 11.1. The minimum absolute atomic E-state index is 0.302. The standard InChI is InChI=1S/C14H11BrFN5/c1-8-2-5-11(16)13(6-8)21-14(18-19-20-21)9-3-4-10(15)12(17)7-9/h2-7H,17H2,1H3. The van der Waals surface area contributed by atoms with E-state index in [2.05, 4.69) is 31.5 Å². The summed E-state index contributed by atoms with van der Waals surface area (Å²) in [6.45, 7) is 1.88. The molecule has 5 nitrogen and oxygen atoms in total. The molecule has 1 aromatic heterocycles. The molecule has 2 aromatic carbocycles. The number of hydrogen-bond acceptors (Lipinski definition) is 4. The molecule has 0 bridgehead atoms. The predicted octanol–water partition coefficient (Wildman–Crippen LogP) is 3.12. The molecule has 0 radical (unpaired) electrons. The van der Waals surface area contributed by atoms with E-state index in [4.69, 9.17) is 5.73 Å². The molecule has 0 saturated carbocycles. The summed E-state index contributed by atoms with van der Waals surface area (Å²) in [4.78, 5) is 0. The molecule has 0 amide bonds. The summed E-state index contributed by atoms with van der Waals surface area (Å²) in [6.07, 6.45) is 0. The van der Waals surface area contributed by atoms with E-state index in [1.165, 1.54) is 10.7 Å². The molecule has 0 atom stereocenters. The second-order valence-electron chi connectivity index (χ2n) is 4.61. The first kappa shape index (κ1) is 13.7. The average Bonchev–Trinajstić information content (AvgIpc) is 2.93. The van der Waals surface area contributed by atoms with E-state index < -0.39 is 0 Å². The summed E-state index contributed by atoms with van der Waals surface area (Å²) in [5.74, 6) is 0.0398. The van der Waals surface area contributed by atoms with Gasteiger partial charge in [-0.1, -0.05) is 6.07 Å². The van der Waals surface area contributed by atoms with Crippen LogP contribution in [0.4, 0.5) is 10.1 Å². The van der Waals surface area contributed by atoms with Gasteiger partial charge >= 0.3 is 0 Å². The number of anilines is 1. The van der Waals surface area contributed by atoms with Crippen molar-refractivity contribution in [2.45, 2.75) is 6.92 Å². The summed E-state index contributed by atoms with van der Waals surface area (Å²) in [5, 5.41) is 11.5. The first-order valence-corrected chi connectivity index (χ1v) is 6.96. The molecule has 3 rings (SSSR count). The molecule has 0 spiro atoms. The van der Waals surface area contributed by atoms with E-state index >= 15 is 0 Å². The number of nitrogens with zero attached hydrogens (tertiary/aromatic N) is 4. The zero-order chi connectivity index (χ0) is 15.0. The number of nitrogens with two attached hydrogens (primary N) is 1. The monoisotopic (exact) mass is 347 g/mol. The lowest BCUT2D eigenvalue weighted by Crippen LogP contribution is -2.03. The molecule has 0 unspecified atom stereocenters. The second kappa shape index (κ2) is 5.25. The van der Waals surface area contributed by atoms with Crippen LogP contribution in [-0.2, 0) is 0 Å². The van der Waals surface area contributed by atoms with Gasteiger partial charge < -0.3 is 5.73 Å². The minimum Gasteiger partial charge on any atom is -0.398 e. The molecule has 106 valence electrons. The highest BCUT2D eigenvalue weighted by Gasteiger charge is 2.15. The third kappa shape index (κ3) is 2.52. The van der Waals surface area contributed by atoms with E-state index in [-0.39, 0.29) is 5.82 Å². The normalized spacial score (nSPS) is 10.8. The summed E-state index contributed by atoms with van der Waals surface area (Å²) >= 11 is 3.33. The Hall–Kier alpha value is -2.28. The van der Waals surface area contributed by atoms with Crippen LogP contribution in [0.25, 0.3) is 17.1 Å². The molecule has 0 aliphatic carbocycles. The number of aromatic nitrogens is 4. The van der Waals surface area contributed by atoms with Crippen molar-refractivity contribution in [2.75, 3.05) is 5.73 Å². The van der Waals surface area contributed by atoms with Crippen LogP contribution in [0, 0.1) is 12.7 Å². The Kier molecular flexibility index (Phi) is 3.42. The maximum atomic E-state index is 14.0. The lowest BCUT2D eigenvalue weighted by atomic mass is 10.1. The number of aryl methyl sites for hydroxylation is 1. The van der Waals surface area contributed by atoms with Gasteiger partial charge in [-0.05, 0) is 69.2 Å². The molecule has 2 N–H and O–H groups in total. The van der Waals surface area contributed by atoms with Crippen LogP contribution in [0.15, 0.2) is 40.9 Å². The molecular weight excluding hydrogens is 337 g/mol. The van der Waals surface area contributed by atoms with Gasteiger partial charge in [0.25, 0.3) is 0 Å². The van der Waals surface area contributed by atoms with Crippen LogP contribution in [0.3, 0.4) is 0 Å².